The monoisotopic (exact) mass is 333 g/mol. The highest BCUT2D eigenvalue weighted by atomic mass is 35.5. The van der Waals surface area contributed by atoms with E-state index in [-0.39, 0.29) is 12.0 Å². The second kappa shape index (κ2) is 7.88. The number of carbonyl (C=O) groups is 1. The highest BCUT2D eigenvalue weighted by Crippen LogP contribution is 2.25. The summed E-state index contributed by atoms with van der Waals surface area (Å²) < 4.78 is 11.3. The third-order valence-corrected chi connectivity index (χ3v) is 3.22. The summed E-state index contributed by atoms with van der Waals surface area (Å²) >= 11 is 5.91. The van der Waals surface area contributed by atoms with Crippen LogP contribution in [0.25, 0.3) is 0 Å². The third-order valence-electron chi connectivity index (χ3n) is 2.99. The van der Waals surface area contributed by atoms with Gasteiger partial charge in [0.1, 0.15) is 11.5 Å². The lowest BCUT2D eigenvalue weighted by molar-refractivity contribution is -0.122. The molecule has 0 saturated carbocycles. The Labute approximate surface area is 141 Å². The molecular weight excluding hydrogens is 314 g/mol. The lowest BCUT2D eigenvalue weighted by Gasteiger charge is -2.18. The molecule has 0 fully saturated rings. The van der Waals surface area contributed by atoms with Crippen LogP contribution in [0.2, 0.25) is 5.02 Å². The minimum Gasteiger partial charge on any atom is -0.489 e. The molecule has 1 N–H and O–H groups in total. The predicted octanol–water partition coefficient (Wildman–Crippen LogP) is 4.53. The predicted molar refractivity (Wildman–Crippen MR) is 92.4 cm³/mol. The molecule has 0 aliphatic carbocycles. The topological polar surface area (TPSA) is 47.6 Å². The van der Waals surface area contributed by atoms with E-state index in [0.29, 0.717) is 22.2 Å². The average molecular weight is 334 g/mol. The van der Waals surface area contributed by atoms with Gasteiger partial charge in [-0.05, 0) is 51.1 Å². The van der Waals surface area contributed by atoms with Crippen LogP contribution in [0.15, 0.2) is 48.5 Å². The van der Waals surface area contributed by atoms with Crippen molar-refractivity contribution in [3.63, 3.8) is 0 Å². The fraction of sp³-hybridized carbons (Fsp3) is 0.278. The number of rotatable bonds is 6. The Morgan fingerprint density at radius 3 is 2.48 bits per heavy atom. The van der Waals surface area contributed by atoms with Gasteiger partial charge < -0.3 is 14.8 Å². The molecule has 0 heterocycles. The van der Waals surface area contributed by atoms with Gasteiger partial charge in [0.25, 0.3) is 5.91 Å². The Bertz CT molecular complexity index is 673. The molecule has 0 aliphatic heterocycles. The minimum absolute atomic E-state index is 0.0215. The smallest absolute Gasteiger partial charge is 0.265 e. The van der Waals surface area contributed by atoms with E-state index >= 15 is 0 Å². The fourth-order valence-electron chi connectivity index (χ4n) is 1.96. The van der Waals surface area contributed by atoms with Crippen LogP contribution in [-0.4, -0.2) is 18.1 Å². The van der Waals surface area contributed by atoms with Crippen molar-refractivity contribution in [2.75, 3.05) is 5.32 Å². The molecule has 0 spiro atoms. The van der Waals surface area contributed by atoms with Crippen LogP contribution in [0.5, 0.6) is 11.5 Å². The molecule has 0 aliphatic rings. The standard InChI is InChI=1S/C18H20ClNO3/c1-12(2)22-17-10-5-4-9-16(17)20-18(21)13(3)23-15-8-6-7-14(19)11-15/h4-13H,1-3H3,(H,20,21). The highest BCUT2D eigenvalue weighted by molar-refractivity contribution is 6.30. The number of para-hydroxylation sites is 2. The molecule has 0 aromatic heterocycles. The number of nitrogens with one attached hydrogen (secondary N) is 1. The number of hydrogen-bond donors (Lipinski definition) is 1. The molecule has 0 saturated heterocycles. The first-order valence-corrected chi connectivity index (χ1v) is 7.82. The molecule has 1 unspecified atom stereocenters. The van der Waals surface area contributed by atoms with E-state index in [1.54, 1.807) is 37.3 Å². The summed E-state index contributed by atoms with van der Waals surface area (Å²) in [5.41, 5.74) is 0.618. The summed E-state index contributed by atoms with van der Waals surface area (Å²) in [5.74, 6) is 0.919. The van der Waals surface area contributed by atoms with Gasteiger partial charge in [0.2, 0.25) is 0 Å². The molecule has 2 aromatic carbocycles. The van der Waals surface area contributed by atoms with Crippen LogP contribution in [0.4, 0.5) is 5.69 Å². The largest absolute Gasteiger partial charge is 0.489 e. The van der Waals surface area contributed by atoms with Gasteiger partial charge in [0.05, 0.1) is 11.8 Å². The number of hydrogen-bond acceptors (Lipinski definition) is 3. The van der Waals surface area contributed by atoms with Crippen LogP contribution in [0.1, 0.15) is 20.8 Å². The van der Waals surface area contributed by atoms with Gasteiger partial charge in [-0.15, -0.1) is 0 Å². The average Bonchev–Trinajstić information content (AvgIpc) is 2.48. The van der Waals surface area contributed by atoms with Crippen molar-refractivity contribution in [2.24, 2.45) is 0 Å². The molecule has 5 heteroatoms. The number of amides is 1. The zero-order valence-electron chi connectivity index (χ0n) is 13.4. The van der Waals surface area contributed by atoms with E-state index in [1.807, 2.05) is 32.0 Å². The van der Waals surface area contributed by atoms with E-state index in [4.69, 9.17) is 21.1 Å². The third kappa shape index (κ3) is 5.18. The number of anilines is 1. The fourth-order valence-corrected chi connectivity index (χ4v) is 2.14. The summed E-state index contributed by atoms with van der Waals surface area (Å²) in [7, 11) is 0. The van der Waals surface area contributed by atoms with E-state index in [0.717, 1.165) is 0 Å². The maximum atomic E-state index is 12.3. The van der Waals surface area contributed by atoms with E-state index in [9.17, 15) is 4.79 Å². The first kappa shape index (κ1) is 17.2. The molecule has 0 radical (unpaired) electrons. The normalized spacial score (nSPS) is 11.9. The van der Waals surface area contributed by atoms with Crippen LogP contribution in [-0.2, 0) is 4.79 Å². The lowest BCUT2D eigenvalue weighted by atomic mass is 10.2. The second-order valence-corrected chi connectivity index (χ2v) is 5.81. The van der Waals surface area contributed by atoms with Gasteiger partial charge in [-0.1, -0.05) is 29.8 Å². The van der Waals surface area contributed by atoms with Crippen LogP contribution in [0, 0.1) is 0 Å². The molecule has 0 bridgehead atoms. The molecule has 2 rings (SSSR count). The maximum absolute atomic E-state index is 12.3. The van der Waals surface area contributed by atoms with Gasteiger partial charge in [-0.3, -0.25) is 4.79 Å². The van der Waals surface area contributed by atoms with Crippen molar-refractivity contribution in [3.05, 3.63) is 53.6 Å². The second-order valence-electron chi connectivity index (χ2n) is 5.37. The van der Waals surface area contributed by atoms with E-state index < -0.39 is 6.10 Å². The Kier molecular flexibility index (Phi) is 5.88. The SMILES string of the molecule is CC(C)Oc1ccccc1NC(=O)C(C)Oc1cccc(Cl)c1. The Balaban J connectivity index is 2.04. The van der Waals surface area contributed by atoms with Crippen molar-refractivity contribution in [1.82, 2.24) is 0 Å². The van der Waals surface area contributed by atoms with Gasteiger partial charge in [-0.2, -0.15) is 0 Å². The molecular formula is C18H20ClNO3. The van der Waals surface area contributed by atoms with Crippen molar-refractivity contribution in [3.8, 4) is 11.5 Å². The zero-order valence-corrected chi connectivity index (χ0v) is 14.1. The highest BCUT2D eigenvalue weighted by Gasteiger charge is 2.17. The first-order chi connectivity index (χ1) is 11.0. The quantitative estimate of drug-likeness (QED) is 0.844. The lowest BCUT2D eigenvalue weighted by Crippen LogP contribution is -2.30. The zero-order chi connectivity index (χ0) is 16.8. The number of halogens is 1. The summed E-state index contributed by atoms with van der Waals surface area (Å²) in [6.45, 7) is 5.55. The summed E-state index contributed by atoms with van der Waals surface area (Å²) in [5, 5.41) is 3.39. The Morgan fingerprint density at radius 2 is 1.78 bits per heavy atom. The molecule has 122 valence electrons. The number of ether oxygens (including phenoxy) is 2. The summed E-state index contributed by atoms with van der Waals surface area (Å²) in [6, 6.07) is 14.3. The van der Waals surface area contributed by atoms with Gasteiger partial charge in [-0.25, -0.2) is 0 Å². The maximum Gasteiger partial charge on any atom is 0.265 e. The molecule has 4 nitrogen and oxygen atoms in total. The Morgan fingerprint density at radius 1 is 1.04 bits per heavy atom. The van der Waals surface area contributed by atoms with Gasteiger partial charge in [0.15, 0.2) is 6.10 Å². The molecule has 1 atom stereocenters. The van der Waals surface area contributed by atoms with Crippen molar-refractivity contribution >= 4 is 23.2 Å². The number of carbonyl (C=O) groups excluding carboxylic acids is 1. The number of benzene rings is 2. The van der Waals surface area contributed by atoms with Crippen LogP contribution < -0.4 is 14.8 Å². The van der Waals surface area contributed by atoms with Crippen molar-refractivity contribution in [2.45, 2.75) is 33.0 Å². The molecule has 23 heavy (non-hydrogen) atoms. The van der Waals surface area contributed by atoms with Crippen LogP contribution >= 0.6 is 11.6 Å². The summed E-state index contributed by atoms with van der Waals surface area (Å²) in [6.07, 6.45) is -0.645. The molecule has 1 amide bonds. The first-order valence-electron chi connectivity index (χ1n) is 7.44. The van der Waals surface area contributed by atoms with Gasteiger partial charge >= 0.3 is 0 Å². The minimum atomic E-state index is -0.666. The van der Waals surface area contributed by atoms with Crippen LogP contribution in [0.3, 0.4) is 0 Å². The van der Waals surface area contributed by atoms with E-state index in [2.05, 4.69) is 5.32 Å². The molecule has 2 aromatic rings. The Hall–Kier alpha value is -2.20. The van der Waals surface area contributed by atoms with E-state index in [1.165, 1.54) is 0 Å². The van der Waals surface area contributed by atoms with Crippen molar-refractivity contribution < 1.29 is 14.3 Å². The van der Waals surface area contributed by atoms with Gasteiger partial charge in [0, 0.05) is 5.02 Å². The summed E-state index contributed by atoms with van der Waals surface area (Å²) in [4.78, 5) is 12.3. The van der Waals surface area contributed by atoms with Crippen molar-refractivity contribution in [1.29, 1.82) is 0 Å².